The third kappa shape index (κ3) is 8.30. The van der Waals surface area contributed by atoms with Gasteiger partial charge in [0.1, 0.15) is 5.60 Å². The number of ether oxygens (including phenoxy) is 1. The van der Waals surface area contributed by atoms with Gasteiger partial charge in [0.2, 0.25) is 5.91 Å². The molecule has 1 unspecified atom stereocenters. The molecule has 0 saturated carbocycles. The minimum absolute atomic E-state index is 0.0308. The highest BCUT2D eigenvalue weighted by Crippen LogP contribution is 2.20. The molecule has 1 aliphatic heterocycles. The van der Waals surface area contributed by atoms with Crippen molar-refractivity contribution in [1.29, 1.82) is 0 Å². The fourth-order valence-corrected chi connectivity index (χ4v) is 4.11. The van der Waals surface area contributed by atoms with Gasteiger partial charge in [-0.3, -0.25) is 14.4 Å². The van der Waals surface area contributed by atoms with E-state index in [4.69, 9.17) is 4.74 Å². The van der Waals surface area contributed by atoms with E-state index in [9.17, 15) is 22.8 Å². The topological polar surface area (TPSA) is 143 Å². The zero-order valence-corrected chi connectivity index (χ0v) is 20.2. The smallest absolute Gasteiger partial charge is 0.407 e. The summed E-state index contributed by atoms with van der Waals surface area (Å²) in [6.07, 6.45) is 0.766. The van der Waals surface area contributed by atoms with Gasteiger partial charge in [0.05, 0.1) is 17.9 Å². The molecule has 0 aromatic heterocycles. The van der Waals surface area contributed by atoms with Gasteiger partial charge in [0.25, 0.3) is 15.9 Å². The first-order valence-corrected chi connectivity index (χ1v) is 12.1. The molecule has 3 amide bonds. The quantitative estimate of drug-likeness (QED) is 0.369. The van der Waals surface area contributed by atoms with Crippen molar-refractivity contribution in [3.63, 3.8) is 0 Å². The Kier molecular flexibility index (Phi) is 9.20. The van der Waals surface area contributed by atoms with Crippen molar-refractivity contribution >= 4 is 27.9 Å². The Morgan fingerprint density at radius 1 is 1.09 bits per heavy atom. The second-order valence-corrected chi connectivity index (χ2v) is 10.3. The first kappa shape index (κ1) is 26.6. The molecule has 0 bridgehead atoms. The lowest BCUT2D eigenvalue weighted by atomic mass is 9.96. The van der Waals surface area contributed by atoms with Crippen LogP contribution < -0.4 is 15.5 Å². The van der Waals surface area contributed by atoms with Crippen molar-refractivity contribution in [3.05, 3.63) is 29.8 Å². The van der Waals surface area contributed by atoms with Gasteiger partial charge < -0.3 is 20.3 Å². The summed E-state index contributed by atoms with van der Waals surface area (Å²) < 4.78 is 29.0. The molecular weight excluding hydrogens is 452 g/mol. The highest BCUT2D eigenvalue weighted by Gasteiger charge is 2.29. The van der Waals surface area contributed by atoms with Crippen molar-refractivity contribution < 1.29 is 32.4 Å². The second kappa shape index (κ2) is 11.4. The fraction of sp³-hybridized carbons (Fsp3) is 0.571. The zero-order chi connectivity index (χ0) is 24.6. The lowest BCUT2D eigenvalue weighted by Gasteiger charge is -2.32. The number of nitrogens with zero attached hydrogens (tertiary/aromatic N) is 1. The van der Waals surface area contributed by atoms with Gasteiger partial charge in [-0.1, -0.05) is 4.89 Å². The van der Waals surface area contributed by atoms with Gasteiger partial charge >= 0.3 is 6.09 Å². The van der Waals surface area contributed by atoms with Crippen molar-refractivity contribution in [1.82, 2.24) is 20.4 Å². The fourth-order valence-electron chi connectivity index (χ4n) is 3.30. The van der Waals surface area contributed by atoms with E-state index in [1.165, 1.54) is 31.4 Å². The molecule has 184 valence electrons. The van der Waals surface area contributed by atoms with E-state index < -0.39 is 21.7 Å². The SMILES string of the molecule is CONS(=O)(=O)c1ccc(C(=O)N2CCCC(C(=O)NCCNC(=O)OC(C)(C)C)C2)cc1. The summed E-state index contributed by atoms with van der Waals surface area (Å²) in [6.45, 7) is 6.53. The summed E-state index contributed by atoms with van der Waals surface area (Å²) in [7, 11) is -2.62. The van der Waals surface area contributed by atoms with Crippen LogP contribution in [0.4, 0.5) is 4.79 Å². The number of benzene rings is 1. The van der Waals surface area contributed by atoms with Gasteiger partial charge in [0, 0.05) is 31.7 Å². The molecule has 1 atom stereocenters. The third-order valence-electron chi connectivity index (χ3n) is 4.78. The second-order valence-electron chi connectivity index (χ2n) is 8.63. The molecular formula is C21H32N4O7S. The molecule has 33 heavy (non-hydrogen) atoms. The lowest BCUT2D eigenvalue weighted by Crippen LogP contribution is -2.46. The Balaban J connectivity index is 1.86. The van der Waals surface area contributed by atoms with Crippen LogP contribution in [0.2, 0.25) is 0 Å². The van der Waals surface area contributed by atoms with Crippen LogP contribution in [0.15, 0.2) is 29.2 Å². The number of piperidine rings is 1. The number of carbonyl (C=O) groups excluding carboxylic acids is 3. The Labute approximate surface area is 194 Å². The molecule has 3 N–H and O–H groups in total. The van der Waals surface area contributed by atoms with Crippen molar-refractivity contribution in [3.8, 4) is 0 Å². The largest absolute Gasteiger partial charge is 0.444 e. The average Bonchev–Trinajstić information content (AvgIpc) is 2.75. The zero-order valence-electron chi connectivity index (χ0n) is 19.3. The molecule has 1 heterocycles. The Hall–Kier alpha value is -2.70. The number of nitrogens with one attached hydrogen (secondary N) is 3. The molecule has 1 aliphatic rings. The standard InChI is InChI=1S/C21H32N4O7S/c1-21(2,3)32-20(28)23-12-11-22-18(26)16-6-5-13-25(14-16)19(27)15-7-9-17(10-8-15)33(29,30)24-31-4/h7-10,16,24H,5-6,11-14H2,1-4H3,(H,22,26)(H,23,28). The van der Waals surface area contributed by atoms with E-state index in [0.29, 0.717) is 24.9 Å². The van der Waals surface area contributed by atoms with Crippen molar-refractivity contribution in [2.45, 2.75) is 44.1 Å². The molecule has 1 saturated heterocycles. The first-order valence-electron chi connectivity index (χ1n) is 10.6. The molecule has 0 radical (unpaired) electrons. The van der Waals surface area contributed by atoms with E-state index >= 15 is 0 Å². The van der Waals surface area contributed by atoms with Crippen molar-refractivity contribution in [2.24, 2.45) is 5.92 Å². The van der Waals surface area contributed by atoms with Crippen LogP contribution in [0.25, 0.3) is 0 Å². The average molecular weight is 485 g/mol. The van der Waals surface area contributed by atoms with Crippen LogP contribution in [-0.4, -0.2) is 70.1 Å². The number of sulfonamides is 1. The monoisotopic (exact) mass is 484 g/mol. The van der Waals surface area contributed by atoms with E-state index in [2.05, 4.69) is 15.5 Å². The number of amides is 3. The molecule has 1 aromatic carbocycles. The number of rotatable bonds is 8. The normalized spacial score (nSPS) is 16.7. The van der Waals surface area contributed by atoms with E-state index in [1.54, 1.807) is 25.7 Å². The minimum Gasteiger partial charge on any atom is -0.444 e. The van der Waals surface area contributed by atoms with Crippen LogP contribution >= 0.6 is 0 Å². The number of hydrogen-bond acceptors (Lipinski definition) is 7. The number of alkyl carbamates (subject to hydrolysis) is 1. The first-order chi connectivity index (χ1) is 15.4. The molecule has 1 fully saturated rings. The minimum atomic E-state index is -3.81. The summed E-state index contributed by atoms with van der Waals surface area (Å²) >= 11 is 0. The van der Waals surface area contributed by atoms with Gasteiger partial charge in [-0.25, -0.2) is 13.2 Å². The summed E-state index contributed by atoms with van der Waals surface area (Å²) in [6, 6.07) is 5.50. The maximum absolute atomic E-state index is 12.8. The molecule has 0 aliphatic carbocycles. The lowest BCUT2D eigenvalue weighted by molar-refractivity contribution is -0.126. The van der Waals surface area contributed by atoms with E-state index in [0.717, 1.165) is 0 Å². The highest BCUT2D eigenvalue weighted by atomic mass is 32.2. The van der Waals surface area contributed by atoms with Gasteiger partial charge in [0.15, 0.2) is 0 Å². The Bertz CT molecular complexity index is 942. The van der Waals surface area contributed by atoms with Crippen LogP contribution in [0.1, 0.15) is 44.0 Å². The van der Waals surface area contributed by atoms with Gasteiger partial charge in [-0.2, -0.15) is 0 Å². The highest BCUT2D eigenvalue weighted by molar-refractivity contribution is 7.89. The predicted molar refractivity (Wildman–Crippen MR) is 120 cm³/mol. The molecule has 0 spiro atoms. The molecule has 11 nitrogen and oxygen atoms in total. The van der Waals surface area contributed by atoms with Crippen LogP contribution in [-0.2, 0) is 24.4 Å². The number of likely N-dealkylation sites (tertiary alicyclic amines) is 1. The maximum atomic E-state index is 12.8. The predicted octanol–water partition coefficient (Wildman–Crippen LogP) is 1.02. The molecule has 12 heteroatoms. The van der Waals surface area contributed by atoms with Crippen LogP contribution in [0.5, 0.6) is 0 Å². The molecule has 1 aromatic rings. The van der Waals surface area contributed by atoms with Gasteiger partial charge in [-0.05, 0) is 57.9 Å². The van der Waals surface area contributed by atoms with Crippen molar-refractivity contribution in [2.75, 3.05) is 33.3 Å². The summed E-state index contributed by atoms with van der Waals surface area (Å²) in [5, 5.41) is 5.35. The van der Waals surface area contributed by atoms with Gasteiger partial charge in [-0.15, -0.1) is 0 Å². The van der Waals surface area contributed by atoms with Crippen LogP contribution in [0.3, 0.4) is 0 Å². The van der Waals surface area contributed by atoms with E-state index in [1.807, 2.05) is 4.89 Å². The summed E-state index contributed by atoms with van der Waals surface area (Å²) in [5.41, 5.74) is -0.269. The third-order valence-corrected chi connectivity index (χ3v) is 6.06. The van der Waals surface area contributed by atoms with E-state index in [-0.39, 0.29) is 42.3 Å². The number of hydrogen-bond donors (Lipinski definition) is 3. The van der Waals surface area contributed by atoms with Crippen LogP contribution in [0, 0.1) is 5.92 Å². The summed E-state index contributed by atoms with van der Waals surface area (Å²) in [4.78, 5) is 44.9. The number of carbonyl (C=O) groups is 3. The summed E-state index contributed by atoms with van der Waals surface area (Å²) in [5.74, 6) is -0.830. The Morgan fingerprint density at radius 3 is 2.33 bits per heavy atom. The Morgan fingerprint density at radius 2 is 1.73 bits per heavy atom. The maximum Gasteiger partial charge on any atom is 0.407 e. The molecule has 2 rings (SSSR count).